The van der Waals surface area contributed by atoms with Gasteiger partial charge in [0.25, 0.3) is 0 Å². The van der Waals surface area contributed by atoms with Crippen molar-refractivity contribution in [3.63, 3.8) is 0 Å². The van der Waals surface area contributed by atoms with Crippen LogP contribution in [0.2, 0.25) is 0 Å². The van der Waals surface area contributed by atoms with Gasteiger partial charge in [-0.3, -0.25) is 4.79 Å². The number of alkyl halides is 3. The van der Waals surface area contributed by atoms with Crippen molar-refractivity contribution in [3.05, 3.63) is 47.8 Å². The van der Waals surface area contributed by atoms with Crippen molar-refractivity contribution >= 4 is 11.3 Å². The van der Waals surface area contributed by atoms with E-state index in [1.54, 1.807) is 49.0 Å². The number of benzene rings is 1. The van der Waals surface area contributed by atoms with Crippen LogP contribution in [0.4, 0.5) is 13.2 Å². The van der Waals surface area contributed by atoms with E-state index < -0.39 is 30.1 Å². The first kappa shape index (κ1) is 22.1. The van der Waals surface area contributed by atoms with Crippen molar-refractivity contribution in [3.8, 4) is 22.6 Å². The molecule has 0 amide bonds. The van der Waals surface area contributed by atoms with Crippen molar-refractivity contribution in [2.45, 2.75) is 45.1 Å². The van der Waals surface area contributed by atoms with E-state index in [1.807, 2.05) is 0 Å². The van der Waals surface area contributed by atoms with Crippen LogP contribution in [0.25, 0.3) is 16.6 Å². The first-order valence-corrected chi connectivity index (χ1v) is 10.1. The summed E-state index contributed by atoms with van der Waals surface area (Å²) >= 11 is 0. The molecule has 1 N–H and O–H groups in total. The number of pyridine rings is 1. The van der Waals surface area contributed by atoms with Crippen LogP contribution in [0.5, 0.6) is 11.5 Å². The summed E-state index contributed by atoms with van der Waals surface area (Å²) in [4.78, 5) is 12.8. The molecule has 2 atom stereocenters. The number of fused-ring (bicyclic) bond motifs is 1. The van der Waals surface area contributed by atoms with E-state index in [0.717, 1.165) is 0 Å². The molecule has 0 saturated heterocycles. The second-order valence-electron chi connectivity index (χ2n) is 8.43. The number of nitrogens with zero attached hydrogens (tertiary/aromatic N) is 2. The molecule has 4 rings (SSSR count). The third-order valence-corrected chi connectivity index (χ3v) is 5.60. The normalized spacial score (nSPS) is 18.2. The van der Waals surface area contributed by atoms with E-state index in [4.69, 9.17) is 4.74 Å². The second kappa shape index (κ2) is 8.12. The lowest BCUT2D eigenvalue weighted by Crippen LogP contribution is -2.16. The largest absolute Gasteiger partial charge is 0.496 e. The highest BCUT2D eigenvalue weighted by atomic mass is 19.3. The van der Waals surface area contributed by atoms with Crippen molar-refractivity contribution in [1.29, 1.82) is 0 Å². The zero-order valence-corrected chi connectivity index (χ0v) is 17.8. The van der Waals surface area contributed by atoms with Gasteiger partial charge in [0.15, 0.2) is 5.78 Å². The maximum absolute atomic E-state index is 13.3. The highest BCUT2D eigenvalue weighted by Gasteiger charge is 2.40. The Labute approximate surface area is 182 Å². The molecule has 1 aromatic carbocycles. The molecule has 2 aromatic heterocycles. The third-order valence-electron chi connectivity index (χ3n) is 5.60. The minimum Gasteiger partial charge on any atom is -0.496 e. The van der Waals surface area contributed by atoms with Gasteiger partial charge < -0.3 is 14.6 Å². The van der Waals surface area contributed by atoms with Crippen LogP contribution in [0.3, 0.4) is 0 Å². The smallest absolute Gasteiger partial charge is 0.387 e. The Balaban J connectivity index is 1.80. The zero-order valence-electron chi connectivity index (χ0n) is 17.8. The SMILES string of the molecule is COc1cc(-c2cnn3cc(C(C)(C)O)ccc23)cc(OC(F)F)c1C(=O)C[C@@H]1C[C@@H]1F. The summed E-state index contributed by atoms with van der Waals surface area (Å²) in [5, 5.41) is 14.5. The molecule has 1 saturated carbocycles. The number of Topliss-reactive ketones (excluding diaryl/α,β-unsaturated/α-hetero) is 1. The van der Waals surface area contributed by atoms with Crippen molar-refractivity contribution in [1.82, 2.24) is 9.61 Å². The van der Waals surface area contributed by atoms with E-state index in [0.29, 0.717) is 22.2 Å². The van der Waals surface area contributed by atoms with Gasteiger partial charge in [0.1, 0.15) is 23.2 Å². The fraction of sp³-hybridized carbons (Fsp3) is 0.391. The predicted molar refractivity (Wildman–Crippen MR) is 111 cm³/mol. The fourth-order valence-electron chi connectivity index (χ4n) is 3.70. The topological polar surface area (TPSA) is 73.1 Å². The van der Waals surface area contributed by atoms with Gasteiger partial charge in [0.2, 0.25) is 0 Å². The maximum Gasteiger partial charge on any atom is 0.387 e. The summed E-state index contributed by atoms with van der Waals surface area (Å²) in [6.07, 6.45) is 2.35. The number of carbonyl (C=O) groups is 1. The molecule has 1 aliphatic rings. The number of hydrogen-bond donors (Lipinski definition) is 1. The minimum absolute atomic E-state index is 0.0617. The Bertz CT molecular complexity index is 1170. The second-order valence-corrected chi connectivity index (χ2v) is 8.43. The quantitative estimate of drug-likeness (QED) is 0.503. The molecule has 170 valence electrons. The van der Waals surface area contributed by atoms with Crippen LogP contribution < -0.4 is 9.47 Å². The zero-order chi connectivity index (χ0) is 23.2. The molecule has 1 aliphatic carbocycles. The Morgan fingerprint density at radius 3 is 2.59 bits per heavy atom. The third kappa shape index (κ3) is 4.29. The van der Waals surface area contributed by atoms with Gasteiger partial charge in [-0.2, -0.15) is 13.9 Å². The average molecular weight is 448 g/mol. The molecule has 0 radical (unpaired) electrons. The summed E-state index contributed by atoms with van der Waals surface area (Å²) in [6, 6.07) is 6.38. The molecule has 1 fully saturated rings. The molecular formula is C23H23F3N2O4. The maximum atomic E-state index is 13.3. The summed E-state index contributed by atoms with van der Waals surface area (Å²) in [5.74, 6) is -1.19. The molecule has 9 heteroatoms. The fourth-order valence-corrected chi connectivity index (χ4v) is 3.70. The van der Waals surface area contributed by atoms with Gasteiger partial charge in [-0.05, 0) is 44.0 Å². The Morgan fingerprint density at radius 1 is 1.31 bits per heavy atom. The number of ether oxygens (including phenoxy) is 2. The molecule has 6 nitrogen and oxygen atoms in total. The molecule has 0 aliphatic heterocycles. The lowest BCUT2D eigenvalue weighted by atomic mass is 9.97. The van der Waals surface area contributed by atoms with Crippen LogP contribution in [-0.4, -0.2) is 40.4 Å². The van der Waals surface area contributed by atoms with Crippen LogP contribution >= 0.6 is 0 Å². The van der Waals surface area contributed by atoms with Crippen molar-refractivity contribution in [2.75, 3.05) is 7.11 Å². The minimum atomic E-state index is -3.16. The average Bonchev–Trinajstić information content (AvgIpc) is 3.23. The Hall–Kier alpha value is -3.07. The van der Waals surface area contributed by atoms with Gasteiger partial charge in [-0.1, -0.05) is 6.07 Å². The number of methoxy groups -OCH3 is 1. The summed E-state index contributed by atoms with van der Waals surface area (Å²) in [6.45, 7) is 0.148. The predicted octanol–water partition coefficient (Wildman–Crippen LogP) is 4.77. The first-order chi connectivity index (χ1) is 15.1. The molecule has 0 spiro atoms. The van der Waals surface area contributed by atoms with Gasteiger partial charge in [-0.15, -0.1) is 0 Å². The lowest BCUT2D eigenvalue weighted by molar-refractivity contribution is -0.0502. The number of halogens is 3. The molecule has 0 bridgehead atoms. The highest BCUT2D eigenvalue weighted by molar-refractivity contribution is 6.03. The summed E-state index contributed by atoms with van der Waals surface area (Å²) in [7, 11) is 1.32. The van der Waals surface area contributed by atoms with Crippen LogP contribution in [0, 0.1) is 5.92 Å². The van der Waals surface area contributed by atoms with E-state index in [2.05, 4.69) is 9.84 Å². The number of carbonyl (C=O) groups excluding carboxylic acids is 1. The number of aliphatic hydroxyl groups is 1. The summed E-state index contributed by atoms with van der Waals surface area (Å²) in [5.41, 5.74) is 1.15. The van der Waals surface area contributed by atoms with Crippen LogP contribution in [0.15, 0.2) is 36.7 Å². The van der Waals surface area contributed by atoms with Crippen LogP contribution in [0.1, 0.15) is 42.6 Å². The number of rotatable bonds is 8. The van der Waals surface area contributed by atoms with E-state index >= 15 is 0 Å². The highest BCUT2D eigenvalue weighted by Crippen LogP contribution is 2.42. The van der Waals surface area contributed by atoms with E-state index in [-0.39, 0.29) is 29.9 Å². The standard InChI is InChI=1S/C23H23F3N2O4/c1-23(2,30)14-4-5-17-15(10-27-28(17)11-14)12-8-19(31-3)21(20(9-12)32-22(25)26)18(29)7-13-6-16(13)24/h4-5,8-11,13,16,22,30H,6-7H2,1-3H3/t13-,16-/m0/s1. The first-order valence-electron chi connectivity index (χ1n) is 10.1. The number of ketones is 1. The number of aromatic nitrogens is 2. The summed E-state index contributed by atoms with van der Waals surface area (Å²) < 4.78 is 51.1. The van der Waals surface area contributed by atoms with Crippen molar-refractivity contribution < 1.29 is 32.5 Å². The molecule has 3 aromatic rings. The Kier molecular flexibility index (Phi) is 5.62. The molecule has 0 unspecified atom stereocenters. The van der Waals surface area contributed by atoms with Gasteiger partial charge in [0, 0.05) is 29.7 Å². The van der Waals surface area contributed by atoms with Gasteiger partial charge in [-0.25, -0.2) is 8.91 Å². The molecule has 32 heavy (non-hydrogen) atoms. The monoisotopic (exact) mass is 448 g/mol. The lowest BCUT2D eigenvalue weighted by Gasteiger charge is -2.18. The van der Waals surface area contributed by atoms with Crippen molar-refractivity contribution in [2.24, 2.45) is 5.92 Å². The van der Waals surface area contributed by atoms with Crippen LogP contribution in [-0.2, 0) is 5.60 Å². The molecule has 2 heterocycles. The Morgan fingerprint density at radius 2 is 2.00 bits per heavy atom. The van der Waals surface area contributed by atoms with Gasteiger partial charge >= 0.3 is 6.61 Å². The van der Waals surface area contributed by atoms with Gasteiger partial charge in [0.05, 0.1) is 24.4 Å². The van der Waals surface area contributed by atoms with E-state index in [1.165, 1.54) is 13.2 Å². The van der Waals surface area contributed by atoms with E-state index in [9.17, 15) is 23.1 Å². The number of hydrogen-bond acceptors (Lipinski definition) is 5. The molecular weight excluding hydrogens is 425 g/mol.